The Hall–Kier alpha value is -2.38. The van der Waals surface area contributed by atoms with Gasteiger partial charge in [0, 0.05) is 22.8 Å². The van der Waals surface area contributed by atoms with Crippen LogP contribution in [0.25, 0.3) is 0 Å². The van der Waals surface area contributed by atoms with Crippen molar-refractivity contribution in [2.24, 2.45) is 11.5 Å². The molecule has 8 heteroatoms. The van der Waals surface area contributed by atoms with E-state index in [0.717, 1.165) is 37.1 Å². The van der Waals surface area contributed by atoms with E-state index < -0.39 is 5.91 Å². The highest BCUT2D eigenvalue weighted by atomic mass is 35.5. The number of aryl methyl sites for hydroxylation is 1. The number of rotatable bonds is 5. The molecule has 26 heavy (non-hydrogen) atoms. The highest BCUT2D eigenvalue weighted by Gasteiger charge is 2.22. The van der Waals surface area contributed by atoms with Gasteiger partial charge in [-0.05, 0) is 38.0 Å². The number of nitrogens with one attached hydrogen (secondary N) is 2. The van der Waals surface area contributed by atoms with Crippen LogP contribution in [0.3, 0.4) is 0 Å². The molecule has 138 valence electrons. The van der Waals surface area contributed by atoms with Gasteiger partial charge in [0.1, 0.15) is 5.82 Å². The summed E-state index contributed by atoms with van der Waals surface area (Å²) >= 11 is 6.08. The lowest BCUT2D eigenvalue weighted by atomic mass is 9.91. The zero-order valence-corrected chi connectivity index (χ0v) is 15.4. The Labute approximate surface area is 157 Å². The first-order valence-corrected chi connectivity index (χ1v) is 9.03. The van der Waals surface area contributed by atoms with Crippen LogP contribution in [0.15, 0.2) is 24.4 Å². The quantitative estimate of drug-likeness (QED) is 0.638. The molecule has 0 radical (unpaired) electrons. The van der Waals surface area contributed by atoms with Crippen LogP contribution in [-0.4, -0.2) is 28.0 Å². The minimum atomic E-state index is -0.618. The summed E-state index contributed by atoms with van der Waals surface area (Å²) in [6.45, 7) is 1.84. The molecule has 2 aromatic heterocycles. The SMILES string of the molecule is Cc1cc(Cl)cc(Nc2cc(N[C@@H]3CCCC[C@@H]3N)cnc2C(N)=O)n1. The molecule has 2 atom stereocenters. The first-order chi connectivity index (χ1) is 12.4. The number of carbonyl (C=O) groups is 1. The van der Waals surface area contributed by atoms with Gasteiger partial charge >= 0.3 is 0 Å². The van der Waals surface area contributed by atoms with Crippen LogP contribution in [0.4, 0.5) is 17.2 Å². The Kier molecular flexibility index (Phi) is 5.58. The summed E-state index contributed by atoms with van der Waals surface area (Å²) in [4.78, 5) is 20.3. The highest BCUT2D eigenvalue weighted by Crippen LogP contribution is 2.26. The van der Waals surface area contributed by atoms with Crippen molar-refractivity contribution < 1.29 is 4.79 Å². The Morgan fingerprint density at radius 3 is 2.73 bits per heavy atom. The largest absolute Gasteiger partial charge is 0.379 e. The molecule has 0 aliphatic heterocycles. The van der Waals surface area contributed by atoms with Gasteiger partial charge in [-0.2, -0.15) is 0 Å². The summed E-state index contributed by atoms with van der Waals surface area (Å²) in [5, 5.41) is 7.07. The van der Waals surface area contributed by atoms with E-state index in [-0.39, 0.29) is 17.8 Å². The average Bonchev–Trinajstić information content (AvgIpc) is 2.56. The zero-order chi connectivity index (χ0) is 18.7. The standard InChI is InChI=1S/C18H23ClN6O/c1-10-6-11(19)7-16(23-10)25-15-8-12(9-22-17(15)18(21)26)24-14-5-3-2-4-13(14)20/h6-9,13-14,24H,2-5,20H2,1H3,(H2,21,26)(H,23,25)/t13-,14+/m0/s1. The van der Waals surface area contributed by atoms with Crippen LogP contribution < -0.4 is 22.1 Å². The number of nitrogens with two attached hydrogens (primary N) is 2. The summed E-state index contributed by atoms with van der Waals surface area (Å²) in [6, 6.07) is 5.52. The second-order valence-electron chi connectivity index (χ2n) is 6.62. The second kappa shape index (κ2) is 7.88. The number of pyridine rings is 2. The first kappa shape index (κ1) is 18.4. The second-order valence-corrected chi connectivity index (χ2v) is 7.06. The van der Waals surface area contributed by atoms with Gasteiger partial charge in [0.2, 0.25) is 0 Å². The number of carbonyl (C=O) groups excluding carboxylic acids is 1. The fourth-order valence-corrected chi connectivity index (χ4v) is 3.48. The van der Waals surface area contributed by atoms with Crippen molar-refractivity contribution in [3.05, 3.63) is 40.8 Å². The maximum absolute atomic E-state index is 11.7. The fourth-order valence-electron chi connectivity index (χ4n) is 3.22. The number of amides is 1. The lowest BCUT2D eigenvalue weighted by molar-refractivity contribution is 0.0996. The van der Waals surface area contributed by atoms with Crippen molar-refractivity contribution in [1.29, 1.82) is 0 Å². The summed E-state index contributed by atoms with van der Waals surface area (Å²) in [7, 11) is 0. The summed E-state index contributed by atoms with van der Waals surface area (Å²) < 4.78 is 0. The first-order valence-electron chi connectivity index (χ1n) is 8.65. The Morgan fingerprint density at radius 1 is 1.27 bits per heavy atom. The van der Waals surface area contributed by atoms with Crippen LogP contribution in [0.2, 0.25) is 5.02 Å². The molecular weight excluding hydrogens is 352 g/mol. The van der Waals surface area contributed by atoms with Gasteiger partial charge in [0.05, 0.1) is 17.6 Å². The lowest BCUT2D eigenvalue weighted by Crippen LogP contribution is -2.42. The Morgan fingerprint density at radius 2 is 2.04 bits per heavy atom. The Balaban J connectivity index is 1.87. The topological polar surface area (TPSA) is 119 Å². The summed E-state index contributed by atoms with van der Waals surface area (Å²) in [5.74, 6) is -0.0991. The van der Waals surface area contributed by atoms with E-state index in [9.17, 15) is 4.79 Å². The molecule has 1 saturated carbocycles. The number of anilines is 3. The van der Waals surface area contributed by atoms with Gasteiger partial charge in [0.25, 0.3) is 5.91 Å². The maximum atomic E-state index is 11.7. The van der Waals surface area contributed by atoms with E-state index in [1.807, 2.05) is 6.92 Å². The third-order valence-corrected chi connectivity index (χ3v) is 4.69. The number of aromatic nitrogens is 2. The predicted octanol–water partition coefficient (Wildman–Crippen LogP) is 2.96. The van der Waals surface area contributed by atoms with E-state index in [0.29, 0.717) is 16.5 Å². The number of primary amides is 1. The van der Waals surface area contributed by atoms with E-state index in [1.165, 1.54) is 0 Å². The van der Waals surface area contributed by atoms with Gasteiger partial charge < -0.3 is 22.1 Å². The third-order valence-electron chi connectivity index (χ3n) is 4.47. The average molecular weight is 375 g/mol. The van der Waals surface area contributed by atoms with Gasteiger partial charge in [-0.1, -0.05) is 24.4 Å². The lowest BCUT2D eigenvalue weighted by Gasteiger charge is -2.30. The van der Waals surface area contributed by atoms with Crippen molar-refractivity contribution in [3.8, 4) is 0 Å². The van der Waals surface area contributed by atoms with Crippen LogP contribution in [-0.2, 0) is 0 Å². The number of hydrogen-bond acceptors (Lipinski definition) is 6. The molecule has 1 aliphatic rings. The smallest absolute Gasteiger partial charge is 0.269 e. The molecule has 0 unspecified atom stereocenters. The molecule has 2 aromatic rings. The predicted molar refractivity (Wildman–Crippen MR) is 104 cm³/mol. The van der Waals surface area contributed by atoms with Crippen LogP contribution >= 0.6 is 11.6 Å². The van der Waals surface area contributed by atoms with Gasteiger partial charge in [-0.15, -0.1) is 0 Å². The number of hydrogen-bond donors (Lipinski definition) is 4. The van der Waals surface area contributed by atoms with Gasteiger partial charge in [0.15, 0.2) is 5.69 Å². The molecule has 1 aliphatic carbocycles. The van der Waals surface area contributed by atoms with Gasteiger partial charge in [-0.3, -0.25) is 4.79 Å². The molecule has 2 heterocycles. The minimum absolute atomic E-state index is 0.105. The third kappa shape index (κ3) is 4.42. The van der Waals surface area contributed by atoms with Crippen molar-refractivity contribution in [3.63, 3.8) is 0 Å². The zero-order valence-electron chi connectivity index (χ0n) is 14.6. The molecule has 6 N–H and O–H groups in total. The van der Waals surface area contributed by atoms with Crippen LogP contribution in [0, 0.1) is 6.92 Å². The fraction of sp³-hybridized carbons (Fsp3) is 0.389. The van der Waals surface area contributed by atoms with Gasteiger partial charge in [-0.25, -0.2) is 9.97 Å². The molecular formula is C18H23ClN6O. The van der Waals surface area contributed by atoms with Crippen molar-refractivity contribution >= 4 is 34.7 Å². The Bertz CT molecular complexity index is 792. The summed E-state index contributed by atoms with van der Waals surface area (Å²) in [5.41, 5.74) is 13.8. The minimum Gasteiger partial charge on any atom is -0.379 e. The molecule has 0 aromatic carbocycles. The number of nitrogens with zero attached hydrogens (tertiary/aromatic N) is 2. The van der Waals surface area contributed by atoms with Crippen molar-refractivity contribution in [2.75, 3.05) is 10.6 Å². The molecule has 0 spiro atoms. The molecule has 0 saturated heterocycles. The molecule has 0 bridgehead atoms. The van der Waals surface area contributed by atoms with E-state index in [4.69, 9.17) is 23.1 Å². The maximum Gasteiger partial charge on any atom is 0.269 e. The normalized spacial score (nSPS) is 19.8. The highest BCUT2D eigenvalue weighted by molar-refractivity contribution is 6.30. The van der Waals surface area contributed by atoms with E-state index in [1.54, 1.807) is 24.4 Å². The van der Waals surface area contributed by atoms with Crippen LogP contribution in [0.5, 0.6) is 0 Å². The van der Waals surface area contributed by atoms with E-state index in [2.05, 4.69) is 20.6 Å². The summed E-state index contributed by atoms with van der Waals surface area (Å²) in [6.07, 6.45) is 5.92. The molecule has 7 nitrogen and oxygen atoms in total. The van der Waals surface area contributed by atoms with Crippen molar-refractivity contribution in [1.82, 2.24) is 9.97 Å². The van der Waals surface area contributed by atoms with Crippen molar-refractivity contribution in [2.45, 2.75) is 44.7 Å². The molecule has 1 amide bonds. The number of halogens is 1. The molecule has 1 fully saturated rings. The molecule has 3 rings (SSSR count). The monoisotopic (exact) mass is 374 g/mol. The van der Waals surface area contributed by atoms with Crippen LogP contribution in [0.1, 0.15) is 41.9 Å². The van der Waals surface area contributed by atoms with E-state index >= 15 is 0 Å².